The average molecular weight is 376 g/mol. The lowest BCUT2D eigenvalue weighted by atomic mass is 10.2. The SMILES string of the molecule is O=C(Nc1cccc(C(F)(F)F)c1)c1cc(Nc2cccc(F)c2)ncn1. The molecule has 1 aromatic heterocycles. The molecule has 1 amide bonds. The summed E-state index contributed by atoms with van der Waals surface area (Å²) in [5, 5.41) is 5.17. The first kappa shape index (κ1) is 18.3. The van der Waals surface area contributed by atoms with Crippen molar-refractivity contribution >= 4 is 23.1 Å². The van der Waals surface area contributed by atoms with Crippen LogP contribution < -0.4 is 10.6 Å². The van der Waals surface area contributed by atoms with E-state index in [1.54, 1.807) is 6.07 Å². The predicted molar refractivity (Wildman–Crippen MR) is 91.1 cm³/mol. The van der Waals surface area contributed by atoms with Crippen LogP contribution in [-0.4, -0.2) is 15.9 Å². The quantitative estimate of drug-likeness (QED) is 0.652. The molecule has 0 aliphatic carbocycles. The molecule has 0 aliphatic rings. The highest BCUT2D eigenvalue weighted by molar-refractivity contribution is 6.03. The molecule has 5 nitrogen and oxygen atoms in total. The Labute approximate surface area is 151 Å². The molecule has 0 aliphatic heterocycles. The molecular formula is C18H12F4N4O. The van der Waals surface area contributed by atoms with E-state index in [1.165, 1.54) is 36.4 Å². The molecule has 0 spiro atoms. The lowest BCUT2D eigenvalue weighted by Gasteiger charge is -2.10. The number of anilines is 3. The first-order valence-electron chi connectivity index (χ1n) is 7.64. The number of rotatable bonds is 4. The van der Waals surface area contributed by atoms with E-state index in [9.17, 15) is 22.4 Å². The Kier molecular flexibility index (Phi) is 5.02. The van der Waals surface area contributed by atoms with Crippen LogP contribution in [0.1, 0.15) is 16.1 Å². The molecule has 0 unspecified atom stereocenters. The van der Waals surface area contributed by atoms with Crippen LogP contribution in [0.5, 0.6) is 0 Å². The van der Waals surface area contributed by atoms with Crippen LogP contribution in [0.2, 0.25) is 0 Å². The van der Waals surface area contributed by atoms with Crippen LogP contribution in [0.3, 0.4) is 0 Å². The van der Waals surface area contributed by atoms with E-state index >= 15 is 0 Å². The Morgan fingerprint density at radius 3 is 2.41 bits per heavy atom. The molecule has 27 heavy (non-hydrogen) atoms. The van der Waals surface area contributed by atoms with Gasteiger partial charge in [-0.3, -0.25) is 4.79 Å². The molecule has 3 rings (SSSR count). The maximum Gasteiger partial charge on any atom is 0.416 e. The molecule has 0 fully saturated rings. The number of alkyl halides is 3. The number of aromatic nitrogens is 2. The van der Waals surface area contributed by atoms with Crippen molar-refractivity contribution < 1.29 is 22.4 Å². The zero-order chi connectivity index (χ0) is 19.4. The maximum atomic E-state index is 13.2. The number of hydrogen-bond acceptors (Lipinski definition) is 4. The van der Waals surface area contributed by atoms with Crippen molar-refractivity contribution in [3.8, 4) is 0 Å². The molecule has 0 saturated carbocycles. The fourth-order valence-electron chi connectivity index (χ4n) is 2.23. The van der Waals surface area contributed by atoms with Gasteiger partial charge in [0.15, 0.2) is 0 Å². The van der Waals surface area contributed by atoms with Crippen LogP contribution in [0.4, 0.5) is 34.8 Å². The summed E-state index contributed by atoms with van der Waals surface area (Å²) in [5.74, 6) is -0.930. The lowest BCUT2D eigenvalue weighted by molar-refractivity contribution is -0.137. The van der Waals surface area contributed by atoms with Gasteiger partial charge in [0.05, 0.1) is 5.56 Å². The molecule has 9 heteroatoms. The summed E-state index contributed by atoms with van der Waals surface area (Å²) < 4.78 is 51.5. The standard InChI is InChI=1S/C18H12F4N4O/c19-12-4-2-6-14(8-12)25-16-9-15(23-10-24-16)17(27)26-13-5-1-3-11(7-13)18(20,21)22/h1-10H,(H,26,27)(H,23,24,25). The van der Waals surface area contributed by atoms with Gasteiger partial charge in [-0.25, -0.2) is 14.4 Å². The van der Waals surface area contributed by atoms with Gasteiger partial charge in [0.25, 0.3) is 5.91 Å². The summed E-state index contributed by atoms with van der Waals surface area (Å²) in [6.07, 6.45) is -3.40. The maximum absolute atomic E-state index is 13.2. The van der Waals surface area contributed by atoms with Gasteiger partial charge in [0, 0.05) is 17.4 Å². The molecule has 3 aromatic rings. The van der Waals surface area contributed by atoms with Crippen molar-refractivity contribution in [1.29, 1.82) is 0 Å². The summed E-state index contributed by atoms with van der Waals surface area (Å²) in [6.45, 7) is 0. The molecular weight excluding hydrogens is 364 g/mol. The Morgan fingerprint density at radius 1 is 0.926 bits per heavy atom. The molecule has 0 atom stereocenters. The number of nitrogens with zero attached hydrogens (tertiary/aromatic N) is 2. The van der Waals surface area contributed by atoms with Crippen LogP contribution in [0, 0.1) is 5.82 Å². The van der Waals surface area contributed by atoms with Crippen LogP contribution in [0.15, 0.2) is 60.9 Å². The summed E-state index contributed by atoms with van der Waals surface area (Å²) in [6, 6.07) is 11.2. The van der Waals surface area contributed by atoms with E-state index in [1.807, 2.05) is 0 Å². The highest BCUT2D eigenvalue weighted by Crippen LogP contribution is 2.30. The van der Waals surface area contributed by atoms with E-state index in [2.05, 4.69) is 20.6 Å². The Bertz CT molecular complexity index is 975. The van der Waals surface area contributed by atoms with E-state index < -0.39 is 23.5 Å². The summed E-state index contributed by atoms with van der Waals surface area (Å²) in [4.78, 5) is 20.0. The first-order valence-corrected chi connectivity index (χ1v) is 7.64. The summed E-state index contributed by atoms with van der Waals surface area (Å²) in [7, 11) is 0. The van der Waals surface area contributed by atoms with Crippen molar-refractivity contribution in [2.75, 3.05) is 10.6 Å². The van der Waals surface area contributed by atoms with E-state index in [4.69, 9.17) is 0 Å². The van der Waals surface area contributed by atoms with Gasteiger partial charge >= 0.3 is 6.18 Å². The van der Waals surface area contributed by atoms with Gasteiger partial charge in [0.1, 0.15) is 23.7 Å². The van der Waals surface area contributed by atoms with Gasteiger partial charge in [-0.15, -0.1) is 0 Å². The highest BCUT2D eigenvalue weighted by atomic mass is 19.4. The van der Waals surface area contributed by atoms with Crippen LogP contribution in [-0.2, 0) is 6.18 Å². The Hall–Kier alpha value is -3.49. The molecule has 138 valence electrons. The topological polar surface area (TPSA) is 66.9 Å². The van der Waals surface area contributed by atoms with Gasteiger partial charge in [0.2, 0.25) is 0 Å². The number of halogens is 4. The number of amides is 1. The summed E-state index contributed by atoms with van der Waals surface area (Å²) >= 11 is 0. The molecule has 0 bridgehead atoms. The Morgan fingerprint density at radius 2 is 1.67 bits per heavy atom. The van der Waals surface area contributed by atoms with Crippen molar-refractivity contribution in [2.24, 2.45) is 0 Å². The van der Waals surface area contributed by atoms with E-state index in [0.717, 1.165) is 18.5 Å². The fraction of sp³-hybridized carbons (Fsp3) is 0.0556. The lowest BCUT2D eigenvalue weighted by Crippen LogP contribution is -2.15. The molecule has 2 N–H and O–H groups in total. The van der Waals surface area contributed by atoms with Crippen molar-refractivity contribution in [1.82, 2.24) is 9.97 Å². The minimum Gasteiger partial charge on any atom is -0.340 e. The van der Waals surface area contributed by atoms with E-state index in [-0.39, 0.29) is 17.2 Å². The third kappa shape index (κ3) is 4.78. The predicted octanol–water partition coefficient (Wildman–Crippen LogP) is 4.63. The van der Waals surface area contributed by atoms with Crippen LogP contribution >= 0.6 is 0 Å². The zero-order valence-electron chi connectivity index (χ0n) is 13.6. The second-order valence-electron chi connectivity index (χ2n) is 5.46. The molecule has 0 saturated heterocycles. The summed E-state index contributed by atoms with van der Waals surface area (Å²) in [5.41, 5.74) is -0.552. The Balaban J connectivity index is 1.76. The average Bonchev–Trinajstić information content (AvgIpc) is 2.61. The number of benzene rings is 2. The largest absolute Gasteiger partial charge is 0.416 e. The number of hydrogen-bond donors (Lipinski definition) is 2. The molecule has 1 heterocycles. The van der Waals surface area contributed by atoms with Gasteiger partial charge in [-0.2, -0.15) is 13.2 Å². The normalized spacial score (nSPS) is 11.1. The fourth-order valence-corrected chi connectivity index (χ4v) is 2.23. The van der Waals surface area contributed by atoms with Gasteiger partial charge in [-0.05, 0) is 36.4 Å². The minimum atomic E-state index is -4.52. The van der Waals surface area contributed by atoms with Gasteiger partial charge in [-0.1, -0.05) is 12.1 Å². The number of nitrogens with one attached hydrogen (secondary N) is 2. The second kappa shape index (κ2) is 7.40. The third-order valence-electron chi connectivity index (χ3n) is 3.44. The zero-order valence-corrected chi connectivity index (χ0v) is 13.6. The number of carbonyl (C=O) groups is 1. The molecule has 0 radical (unpaired) electrons. The van der Waals surface area contributed by atoms with E-state index in [0.29, 0.717) is 5.69 Å². The van der Waals surface area contributed by atoms with Crippen molar-refractivity contribution in [2.45, 2.75) is 6.18 Å². The van der Waals surface area contributed by atoms with Crippen LogP contribution in [0.25, 0.3) is 0 Å². The highest BCUT2D eigenvalue weighted by Gasteiger charge is 2.30. The second-order valence-corrected chi connectivity index (χ2v) is 5.46. The monoisotopic (exact) mass is 376 g/mol. The molecule has 2 aromatic carbocycles. The number of carbonyl (C=O) groups excluding carboxylic acids is 1. The third-order valence-corrected chi connectivity index (χ3v) is 3.44. The van der Waals surface area contributed by atoms with Crippen molar-refractivity contribution in [3.05, 3.63) is 78.0 Å². The minimum absolute atomic E-state index is 0.0203. The van der Waals surface area contributed by atoms with Crippen molar-refractivity contribution in [3.63, 3.8) is 0 Å². The smallest absolute Gasteiger partial charge is 0.340 e. The van der Waals surface area contributed by atoms with Gasteiger partial charge < -0.3 is 10.6 Å². The first-order chi connectivity index (χ1) is 12.8.